The Morgan fingerprint density at radius 3 is 2.24 bits per heavy atom. The first-order valence-electron chi connectivity index (χ1n) is 11.0. The Bertz CT molecular complexity index is 682. The number of amides is 1. The van der Waals surface area contributed by atoms with E-state index in [4.69, 9.17) is 4.74 Å². The Kier molecular flexibility index (Phi) is 10.7. The highest BCUT2D eigenvalue weighted by Gasteiger charge is 2.16. The van der Waals surface area contributed by atoms with Crippen LogP contribution in [-0.2, 0) is 11.3 Å². The van der Waals surface area contributed by atoms with Gasteiger partial charge in [0.1, 0.15) is 17.4 Å². The van der Waals surface area contributed by atoms with Crippen LogP contribution in [0.1, 0.15) is 76.2 Å². The maximum absolute atomic E-state index is 12.6. The molecule has 5 heteroatoms. The Hall–Kier alpha value is -2.48. The van der Waals surface area contributed by atoms with Gasteiger partial charge in [0.25, 0.3) is 5.91 Å². The summed E-state index contributed by atoms with van der Waals surface area (Å²) in [6, 6.07) is 9.88. The van der Waals surface area contributed by atoms with Gasteiger partial charge in [0, 0.05) is 24.4 Å². The standard InChI is InChI=1S/C24H35N3O2/c1-29-23-16-12-11-13-20(23)18-26-19-21(17-25)24(28)27-22-14-9-7-5-3-2-4-6-8-10-15-22/h11-13,16,19,22,26H,2-10,14-15,18H2,1H3,(H,27,28)/b21-19-. The largest absolute Gasteiger partial charge is 0.496 e. The Morgan fingerprint density at radius 1 is 1.07 bits per heavy atom. The van der Waals surface area contributed by atoms with Gasteiger partial charge in [-0.2, -0.15) is 5.26 Å². The molecular weight excluding hydrogens is 362 g/mol. The Morgan fingerprint density at radius 2 is 1.66 bits per heavy atom. The summed E-state index contributed by atoms with van der Waals surface area (Å²) in [7, 11) is 1.63. The van der Waals surface area contributed by atoms with E-state index in [1.54, 1.807) is 7.11 Å². The molecule has 0 unspecified atom stereocenters. The summed E-state index contributed by atoms with van der Waals surface area (Å²) < 4.78 is 5.33. The van der Waals surface area contributed by atoms with Gasteiger partial charge in [-0.1, -0.05) is 76.0 Å². The number of benzene rings is 1. The van der Waals surface area contributed by atoms with Crippen LogP contribution in [-0.4, -0.2) is 19.1 Å². The van der Waals surface area contributed by atoms with Crippen molar-refractivity contribution in [3.05, 3.63) is 41.6 Å². The van der Waals surface area contributed by atoms with Crippen molar-refractivity contribution in [2.45, 2.75) is 83.2 Å². The zero-order chi connectivity index (χ0) is 20.7. The second-order valence-electron chi connectivity index (χ2n) is 7.79. The molecule has 1 aliphatic rings. The third-order valence-electron chi connectivity index (χ3n) is 5.54. The zero-order valence-corrected chi connectivity index (χ0v) is 17.7. The van der Waals surface area contributed by atoms with E-state index in [1.165, 1.54) is 51.1 Å². The lowest BCUT2D eigenvalue weighted by Gasteiger charge is -2.19. The van der Waals surface area contributed by atoms with Crippen molar-refractivity contribution >= 4 is 5.91 Å². The van der Waals surface area contributed by atoms with Crippen LogP contribution in [0.5, 0.6) is 5.75 Å². The van der Waals surface area contributed by atoms with Crippen LogP contribution in [0, 0.1) is 11.3 Å². The van der Waals surface area contributed by atoms with Crippen molar-refractivity contribution in [1.29, 1.82) is 5.26 Å². The van der Waals surface area contributed by atoms with Crippen molar-refractivity contribution in [1.82, 2.24) is 10.6 Å². The first-order chi connectivity index (χ1) is 14.2. The highest BCUT2D eigenvalue weighted by molar-refractivity contribution is 5.97. The molecule has 1 saturated carbocycles. The van der Waals surface area contributed by atoms with Gasteiger partial charge >= 0.3 is 0 Å². The van der Waals surface area contributed by atoms with E-state index in [1.807, 2.05) is 30.3 Å². The monoisotopic (exact) mass is 397 g/mol. The Balaban J connectivity index is 1.88. The molecule has 1 fully saturated rings. The van der Waals surface area contributed by atoms with Gasteiger partial charge in [0.2, 0.25) is 0 Å². The number of hydrogen-bond donors (Lipinski definition) is 2. The van der Waals surface area contributed by atoms with E-state index in [2.05, 4.69) is 10.6 Å². The number of methoxy groups -OCH3 is 1. The second kappa shape index (κ2) is 13.7. The summed E-state index contributed by atoms with van der Waals surface area (Å²) in [4.78, 5) is 12.6. The molecule has 1 amide bonds. The molecule has 0 aliphatic heterocycles. The summed E-state index contributed by atoms with van der Waals surface area (Å²) in [6.45, 7) is 0.492. The van der Waals surface area contributed by atoms with Gasteiger partial charge in [-0.05, 0) is 18.9 Å². The number of para-hydroxylation sites is 1. The van der Waals surface area contributed by atoms with Crippen LogP contribution in [0.15, 0.2) is 36.0 Å². The van der Waals surface area contributed by atoms with Crippen molar-refractivity contribution in [3.8, 4) is 11.8 Å². The molecule has 0 saturated heterocycles. The van der Waals surface area contributed by atoms with Gasteiger partial charge in [0.05, 0.1) is 7.11 Å². The van der Waals surface area contributed by atoms with E-state index >= 15 is 0 Å². The third kappa shape index (κ3) is 8.60. The predicted molar refractivity (Wildman–Crippen MR) is 116 cm³/mol. The van der Waals surface area contributed by atoms with E-state index in [9.17, 15) is 10.1 Å². The summed E-state index contributed by atoms with van der Waals surface area (Å²) in [5.74, 6) is 0.502. The van der Waals surface area contributed by atoms with E-state index in [-0.39, 0.29) is 17.5 Å². The average Bonchev–Trinajstić information content (AvgIpc) is 2.73. The molecule has 1 aliphatic carbocycles. The normalized spacial score (nSPS) is 17.3. The number of nitrogens with one attached hydrogen (secondary N) is 2. The minimum Gasteiger partial charge on any atom is -0.496 e. The zero-order valence-electron chi connectivity index (χ0n) is 17.7. The minimum atomic E-state index is -0.280. The molecule has 0 bridgehead atoms. The predicted octanol–water partition coefficient (Wildman–Crippen LogP) is 4.98. The SMILES string of the molecule is COc1ccccc1CN/C=C(/C#N)C(=O)NC1CCCCCCCCCCC1. The van der Waals surface area contributed by atoms with Crippen LogP contribution in [0.4, 0.5) is 0 Å². The molecule has 0 atom stereocenters. The molecule has 5 nitrogen and oxygen atoms in total. The fourth-order valence-corrected chi connectivity index (χ4v) is 3.83. The molecule has 0 heterocycles. The highest BCUT2D eigenvalue weighted by Crippen LogP contribution is 2.18. The van der Waals surface area contributed by atoms with Crippen LogP contribution < -0.4 is 15.4 Å². The lowest BCUT2D eigenvalue weighted by Crippen LogP contribution is -2.36. The average molecular weight is 398 g/mol. The third-order valence-corrected chi connectivity index (χ3v) is 5.54. The summed E-state index contributed by atoms with van der Waals surface area (Å²) in [5, 5.41) is 15.6. The first-order valence-corrected chi connectivity index (χ1v) is 11.0. The van der Waals surface area contributed by atoms with E-state index in [0.717, 1.165) is 37.0 Å². The van der Waals surface area contributed by atoms with Gasteiger partial charge in [-0.15, -0.1) is 0 Å². The van der Waals surface area contributed by atoms with Crippen molar-refractivity contribution in [2.24, 2.45) is 0 Å². The van der Waals surface area contributed by atoms with Gasteiger partial charge in [0.15, 0.2) is 0 Å². The number of nitriles is 1. The van der Waals surface area contributed by atoms with Crippen LogP contribution in [0.3, 0.4) is 0 Å². The molecule has 0 radical (unpaired) electrons. The summed E-state index contributed by atoms with van der Waals surface area (Å²) in [5.41, 5.74) is 1.09. The maximum atomic E-state index is 12.6. The molecule has 29 heavy (non-hydrogen) atoms. The molecule has 2 N–H and O–H groups in total. The smallest absolute Gasteiger partial charge is 0.263 e. The molecule has 1 aromatic carbocycles. The minimum absolute atomic E-state index is 0.117. The molecule has 0 aromatic heterocycles. The molecular formula is C24H35N3O2. The number of nitrogens with zero attached hydrogens (tertiary/aromatic N) is 1. The highest BCUT2D eigenvalue weighted by atomic mass is 16.5. The summed E-state index contributed by atoms with van der Waals surface area (Å²) >= 11 is 0. The number of hydrogen-bond acceptors (Lipinski definition) is 4. The van der Waals surface area contributed by atoms with Crippen LogP contribution in [0.25, 0.3) is 0 Å². The van der Waals surface area contributed by atoms with Gasteiger partial charge < -0.3 is 15.4 Å². The van der Waals surface area contributed by atoms with Crippen molar-refractivity contribution < 1.29 is 9.53 Å². The number of ether oxygens (including phenoxy) is 1. The van der Waals surface area contributed by atoms with E-state index < -0.39 is 0 Å². The number of carbonyl (C=O) groups is 1. The Labute approximate surface area is 175 Å². The lowest BCUT2D eigenvalue weighted by molar-refractivity contribution is -0.117. The van der Waals surface area contributed by atoms with Crippen molar-refractivity contribution in [2.75, 3.05) is 7.11 Å². The maximum Gasteiger partial charge on any atom is 0.263 e. The van der Waals surface area contributed by atoms with Crippen LogP contribution in [0.2, 0.25) is 0 Å². The quantitative estimate of drug-likeness (QED) is 0.524. The number of rotatable bonds is 6. The van der Waals surface area contributed by atoms with E-state index in [0.29, 0.717) is 6.54 Å². The number of carbonyl (C=O) groups excluding carboxylic acids is 1. The van der Waals surface area contributed by atoms with Crippen molar-refractivity contribution in [3.63, 3.8) is 0 Å². The first kappa shape index (κ1) is 22.8. The van der Waals surface area contributed by atoms with Gasteiger partial charge in [-0.3, -0.25) is 4.79 Å². The van der Waals surface area contributed by atoms with Crippen LogP contribution >= 0.6 is 0 Å². The second-order valence-corrected chi connectivity index (χ2v) is 7.79. The summed E-state index contributed by atoms with van der Waals surface area (Å²) in [6.07, 6.45) is 14.8. The lowest BCUT2D eigenvalue weighted by atomic mass is 9.98. The molecule has 1 aromatic rings. The van der Waals surface area contributed by atoms with Gasteiger partial charge in [-0.25, -0.2) is 0 Å². The fourth-order valence-electron chi connectivity index (χ4n) is 3.83. The fraction of sp³-hybridized carbons (Fsp3) is 0.583. The molecule has 158 valence electrons. The molecule has 0 spiro atoms. The topological polar surface area (TPSA) is 74.1 Å². The molecule has 2 rings (SSSR count).